The second kappa shape index (κ2) is 3.11. The van der Waals surface area contributed by atoms with Crippen LogP contribution in [0, 0.1) is 5.92 Å². The van der Waals surface area contributed by atoms with Crippen LogP contribution in [0.1, 0.15) is 12.8 Å². The summed E-state index contributed by atoms with van der Waals surface area (Å²) in [6, 6.07) is 0. The fraction of sp³-hybridized carbons (Fsp3) is 0.833. The van der Waals surface area contributed by atoms with Gasteiger partial charge in [0.2, 0.25) is 6.61 Å². The van der Waals surface area contributed by atoms with Gasteiger partial charge in [0.25, 0.3) is 0 Å². The van der Waals surface area contributed by atoms with Crippen molar-refractivity contribution in [3.63, 3.8) is 0 Å². The van der Waals surface area contributed by atoms with Crippen LogP contribution < -0.4 is 0 Å². The van der Waals surface area contributed by atoms with Gasteiger partial charge in [0.1, 0.15) is 6.21 Å². The predicted octanol–water partition coefficient (Wildman–Crippen LogP) is 1.84. The zero-order chi connectivity index (χ0) is 8.32. The van der Waals surface area contributed by atoms with Crippen LogP contribution >= 0.6 is 0 Å². The molecule has 11 heavy (non-hydrogen) atoms. The first-order valence-electron chi connectivity index (χ1n) is 3.22. The van der Waals surface area contributed by atoms with Crippen LogP contribution in [0.3, 0.4) is 0 Å². The van der Waals surface area contributed by atoms with E-state index in [9.17, 15) is 13.2 Å². The molecule has 1 saturated carbocycles. The van der Waals surface area contributed by atoms with Crippen molar-refractivity contribution in [3.05, 3.63) is 0 Å². The van der Waals surface area contributed by atoms with Gasteiger partial charge in [-0.3, -0.25) is 0 Å². The van der Waals surface area contributed by atoms with Gasteiger partial charge in [-0.05, 0) is 12.8 Å². The molecule has 0 aromatic heterocycles. The molecular formula is C6H7F3NO. The van der Waals surface area contributed by atoms with E-state index in [1.165, 1.54) is 0 Å². The molecule has 0 heterocycles. The lowest BCUT2D eigenvalue weighted by molar-refractivity contribution is -0.173. The molecule has 1 fully saturated rings. The summed E-state index contributed by atoms with van der Waals surface area (Å²) in [6.45, 7) is -1.33. The standard InChI is InChI=1S/C6H7F3NO/c7-6(8,9)4-11-10-3-5-1-2-5/h5H,1-2,4H2. The SMILES string of the molecule is FC(F)(F)CO/N=[C]\C1CC1. The second-order valence-corrected chi connectivity index (χ2v) is 2.38. The molecule has 1 aliphatic rings. The molecule has 2 nitrogen and oxygen atoms in total. The monoisotopic (exact) mass is 166 g/mol. The number of hydrogen-bond acceptors (Lipinski definition) is 2. The van der Waals surface area contributed by atoms with Crippen molar-refractivity contribution in [2.24, 2.45) is 11.1 Å². The van der Waals surface area contributed by atoms with Crippen molar-refractivity contribution in [2.45, 2.75) is 19.0 Å². The maximum Gasteiger partial charge on any atom is 0.425 e. The summed E-state index contributed by atoms with van der Waals surface area (Å²) in [5, 5.41) is 3.05. The van der Waals surface area contributed by atoms with Gasteiger partial charge in [0, 0.05) is 5.92 Å². The Bertz CT molecular complexity index is 150. The summed E-state index contributed by atoms with van der Waals surface area (Å²) >= 11 is 0. The molecule has 0 atom stereocenters. The number of nitrogens with zero attached hydrogens (tertiary/aromatic N) is 1. The van der Waals surface area contributed by atoms with Crippen LogP contribution in [-0.4, -0.2) is 19.0 Å². The van der Waals surface area contributed by atoms with E-state index < -0.39 is 12.8 Å². The fourth-order valence-electron chi connectivity index (χ4n) is 0.430. The van der Waals surface area contributed by atoms with Crippen LogP contribution in [0.2, 0.25) is 0 Å². The number of alkyl halides is 3. The molecule has 1 aliphatic carbocycles. The van der Waals surface area contributed by atoms with Crippen LogP contribution in [0.25, 0.3) is 0 Å². The van der Waals surface area contributed by atoms with Gasteiger partial charge in [-0.15, -0.1) is 0 Å². The quantitative estimate of drug-likeness (QED) is 0.463. The Balaban J connectivity index is 2.02. The van der Waals surface area contributed by atoms with Gasteiger partial charge < -0.3 is 4.84 Å². The Labute approximate surface area is 62.0 Å². The van der Waals surface area contributed by atoms with E-state index in [-0.39, 0.29) is 5.92 Å². The van der Waals surface area contributed by atoms with E-state index in [4.69, 9.17) is 0 Å². The van der Waals surface area contributed by atoms with Crippen LogP contribution in [0.4, 0.5) is 13.2 Å². The summed E-state index contributed by atoms with van der Waals surface area (Å²) in [5.74, 6) is 0.225. The van der Waals surface area contributed by atoms with Gasteiger partial charge in [0.15, 0.2) is 0 Å². The van der Waals surface area contributed by atoms with Gasteiger partial charge in [0.05, 0.1) is 0 Å². The molecule has 0 unspecified atom stereocenters. The summed E-state index contributed by atoms with van der Waals surface area (Å²) in [6.07, 6.45) is 0.0495. The van der Waals surface area contributed by atoms with E-state index in [0.29, 0.717) is 0 Å². The molecule has 0 spiro atoms. The van der Waals surface area contributed by atoms with Crippen molar-refractivity contribution < 1.29 is 18.0 Å². The lowest BCUT2D eigenvalue weighted by atomic mass is 10.5. The van der Waals surface area contributed by atoms with Crippen LogP contribution in [-0.2, 0) is 4.84 Å². The van der Waals surface area contributed by atoms with Gasteiger partial charge in [-0.25, -0.2) is 0 Å². The first kappa shape index (κ1) is 8.36. The Morgan fingerprint density at radius 1 is 1.45 bits per heavy atom. The molecule has 0 saturated heterocycles. The molecular weight excluding hydrogens is 159 g/mol. The minimum absolute atomic E-state index is 0.225. The topological polar surface area (TPSA) is 21.6 Å². The van der Waals surface area contributed by atoms with Gasteiger partial charge in [-0.2, -0.15) is 13.2 Å². The molecule has 0 amide bonds. The highest BCUT2D eigenvalue weighted by Crippen LogP contribution is 2.26. The van der Waals surface area contributed by atoms with E-state index in [2.05, 4.69) is 16.2 Å². The van der Waals surface area contributed by atoms with E-state index >= 15 is 0 Å². The molecule has 0 bridgehead atoms. The lowest BCUT2D eigenvalue weighted by Crippen LogP contribution is -2.14. The van der Waals surface area contributed by atoms with Crippen molar-refractivity contribution in [3.8, 4) is 0 Å². The number of hydrogen-bond donors (Lipinski definition) is 0. The highest BCUT2D eigenvalue weighted by Gasteiger charge is 2.28. The zero-order valence-corrected chi connectivity index (χ0v) is 5.69. The first-order valence-corrected chi connectivity index (χ1v) is 3.22. The van der Waals surface area contributed by atoms with Gasteiger partial charge >= 0.3 is 6.18 Å². The molecule has 0 aromatic rings. The second-order valence-electron chi connectivity index (χ2n) is 2.38. The Kier molecular flexibility index (Phi) is 2.36. The normalized spacial score (nSPS) is 19.2. The van der Waals surface area contributed by atoms with Gasteiger partial charge in [-0.1, -0.05) is 5.16 Å². The van der Waals surface area contributed by atoms with Crippen molar-refractivity contribution >= 4 is 6.21 Å². The zero-order valence-electron chi connectivity index (χ0n) is 5.69. The summed E-state index contributed by atoms with van der Waals surface area (Å²) < 4.78 is 34.1. The van der Waals surface area contributed by atoms with Crippen molar-refractivity contribution in [1.29, 1.82) is 0 Å². The highest BCUT2D eigenvalue weighted by molar-refractivity contribution is 5.62. The molecule has 63 valence electrons. The van der Waals surface area contributed by atoms with Crippen molar-refractivity contribution in [1.82, 2.24) is 0 Å². The minimum Gasteiger partial charge on any atom is -0.386 e. The maximum atomic E-state index is 11.4. The van der Waals surface area contributed by atoms with E-state index in [0.717, 1.165) is 12.8 Å². The summed E-state index contributed by atoms with van der Waals surface area (Å²) in [4.78, 5) is 3.94. The number of halogens is 3. The first-order chi connectivity index (χ1) is 5.08. The van der Waals surface area contributed by atoms with Crippen molar-refractivity contribution in [2.75, 3.05) is 6.61 Å². The third-order valence-electron chi connectivity index (χ3n) is 1.11. The Morgan fingerprint density at radius 2 is 2.09 bits per heavy atom. The van der Waals surface area contributed by atoms with E-state index in [1.54, 1.807) is 0 Å². The van der Waals surface area contributed by atoms with Crippen LogP contribution in [0.15, 0.2) is 5.16 Å². The maximum absolute atomic E-state index is 11.4. The fourth-order valence-corrected chi connectivity index (χ4v) is 0.430. The molecule has 5 heteroatoms. The van der Waals surface area contributed by atoms with Crippen LogP contribution in [0.5, 0.6) is 0 Å². The third-order valence-corrected chi connectivity index (χ3v) is 1.11. The molecule has 0 N–H and O–H groups in total. The number of rotatable bonds is 3. The third kappa shape index (κ3) is 4.64. The molecule has 0 aromatic carbocycles. The largest absolute Gasteiger partial charge is 0.425 e. The predicted molar refractivity (Wildman–Crippen MR) is 32.2 cm³/mol. The Morgan fingerprint density at radius 3 is 2.55 bits per heavy atom. The average Bonchev–Trinajstić information content (AvgIpc) is 2.60. The minimum atomic E-state index is -4.30. The smallest absolute Gasteiger partial charge is 0.386 e. The highest BCUT2D eigenvalue weighted by atomic mass is 19.4. The molecule has 1 radical (unpaired) electrons. The molecule has 0 aliphatic heterocycles. The summed E-state index contributed by atoms with van der Waals surface area (Å²) in [7, 11) is 0. The summed E-state index contributed by atoms with van der Waals surface area (Å²) in [5.41, 5.74) is 0. The Hall–Kier alpha value is -0.740. The van der Waals surface area contributed by atoms with E-state index in [1.807, 2.05) is 0 Å². The average molecular weight is 166 g/mol. The molecule has 1 rings (SSSR count). The lowest BCUT2D eigenvalue weighted by Gasteiger charge is -2.02.